The van der Waals surface area contributed by atoms with Crippen molar-refractivity contribution in [3.05, 3.63) is 88.9 Å². The molecule has 0 spiro atoms. The van der Waals surface area contributed by atoms with E-state index < -0.39 is 0 Å². The van der Waals surface area contributed by atoms with Gasteiger partial charge in [-0.3, -0.25) is 9.36 Å². The fourth-order valence-corrected chi connectivity index (χ4v) is 4.46. The van der Waals surface area contributed by atoms with Gasteiger partial charge >= 0.3 is 0 Å². The van der Waals surface area contributed by atoms with Crippen LogP contribution in [0.5, 0.6) is 0 Å². The van der Waals surface area contributed by atoms with Crippen molar-refractivity contribution in [2.24, 2.45) is 0 Å². The summed E-state index contributed by atoms with van der Waals surface area (Å²) in [7, 11) is 0. The molecule has 2 heterocycles. The van der Waals surface area contributed by atoms with E-state index in [2.05, 4.69) is 21.6 Å². The lowest BCUT2D eigenvalue weighted by atomic mass is 10.2. The highest BCUT2D eigenvalue weighted by Gasteiger charge is 2.21. The number of amides is 1. The zero-order valence-corrected chi connectivity index (χ0v) is 19.6. The molecule has 7 nitrogen and oxygen atoms in total. The molecule has 4 aromatic rings. The predicted molar refractivity (Wildman–Crippen MR) is 130 cm³/mol. The van der Waals surface area contributed by atoms with Crippen molar-refractivity contribution in [2.75, 3.05) is 11.1 Å². The number of thioether (sulfide) groups is 1. The Morgan fingerprint density at radius 3 is 2.36 bits per heavy atom. The summed E-state index contributed by atoms with van der Waals surface area (Å²) in [5, 5.41) is 21.8. The quantitative estimate of drug-likeness (QED) is 0.409. The van der Waals surface area contributed by atoms with Gasteiger partial charge in [0.1, 0.15) is 17.7 Å². The highest BCUT2D eigenvalue weighted by molar-refractivity contribution is 7.99. The van der Waals surface area contributed by atoms with Gasteiger partial charge in [-0.05, 0) is 44.0 Å². The Balaban J connectivity index is 1.53. The first-order valence-corrected chi connectivity index (χ1v) is 11.5. The Hall–Kier alpha value is -3.83. The zero-order valence-electron chi connectivity index (χ0n) is 18.7. The molecule has 1 N–H and O–H groups in total. The van der Waals surface area contributed by atoms with Crippen LogP contribution in [0.15, 0.2) is 65.8 Å². The summed E-state index contributed by atoms with van der Waals surface area (Å²) in [5.41, 5.74) is 4.26. The van der Waals surface area contributed by atoms with Crippen LogP contribution in [0.25, 0.3) is 5.69 Å². The van der Waals surface area contributed by atoms with Crippen LogP contribution in [-0.2, 0) is 11.3 Å². The molecular formula is C25H24N6OS. The van der Waals surface area contributed by atoms with Crippen molar-refractivity contribution >= 4 is 23.5 Å². The van der Waals surface area contributed by atoms with Gasteiger partial charge in [0.25, 0.3) is 0 Å². The van der Waals surface area contributed by atoms with E-state index in [1.54, 1.807) is 0 Å². The third-order valence-corrected chi connectivity index (χ3v) is 6.48. The molecule has 33 heavy (non-hydrogen) atoms. The van der Waals surface area contributed by atoms with E-state index in [4.69, 9.17) is 0 Å². The van der Waals surface area contributed by atoms with E-state index >= 15 is 0 Å². The standard InChI is InChI=1S/C25H24N6OS/c1-17-18(2)31(21-12-8-5-9-13-21)24(22(17)14-26)27-23(32)16-33-25-29-28-19(3)30(25)15-20-10-6-4-7-11-20/h4-13H,15-16H2,1-3H3,(H,27,32). The van der Waals surface area contributed by atoms with Crippen molar-refractivity contribution in [3.63, 3.8) is 0 Å². The maximum absolute atomic E-state index is 12.9. The fourth-order valence-electron chi connectivity index (χ4n) is 3.68. The first kappa shape index (κ1) is 22.4. The number of aromatic nitrogens is 4. The first-order chi connectivity index (χ1) is 16.0. The van der Waals surface area contributed by atoms with Crippen LogP contribution in [0.2, 0.25) is 0 Å². The van der Waals surface area contributed by atoms with Gasteiger partial charge in [-0.1, -0.05) is 60.3 Å². The molecule has 0 bridgehead atoms. The monoisotopic (exact) mass is 456 g/mol. The summed E-state index contributed by atoms with van der Waals surface area (Å²) in [6, 6.07) is 22.0. The molecule has 0 radical (unpaired) electrons. The number of carbonyl (C=O) groups excluding carboxylic acids is 1. The Morgan fingerprint density at radius 1 is 1.03 bits per heavy atom. The second-order valence-corrected chi connectivity index (χ2v) is 8.60. The Bertz CT molecular complexity index is 1320. The van der Waals surface area contributed by atoms with Gasteiger partial charge in [0, 0.05) is 11.4 Å². The second kappa shape index (κ2) is 9.76. The highest BCUT2D eigenvalue weighted by atomic mass is 32.2. The third kappa shape index (κ3) is 4.69. The lowest BCUT2D eigenvalue weighted by Gasteiger charge is -2.13. The van der Waals surface area contributed by atoms with Gasteiger partial charge in [-0.25, -0.2) is 0 Å². The van der Waals surface area contributed by atoms with Crippen molar-refractivity contribution in [1.82, 2.24) is 19.3 Å². The molecule has 0 saturated heterocycles. The molecule has 0 unspecified atom stereocenters. The Labute approximate surface area is 197 Å². The van der Waals surface area contributed by atoms with Crippen LogP contribution in [0.1, 0.15) is 28.2 Å². The smallest absolute Gasteiger partial charge is 0.236 e. The minimum atomic E-state index is -0.210. The van der Waals surface area contributed by atoms with Crippen molar-refractivity contribution < 1.29 is 4.79 Å². The molecule has 0 fully saturated rings. The number of carbonyl (C=O) groups is 1. The summed E-state index contributed by atoms with van der Waals surface area (Å²) in [4.78, 5) is 12.9. The first-order valence-electron chi connectivity index (χ1n) is 10.5. The molecule has 0 aliphatic carbocycles. The van der Waals surface area contributed by atoms with E-state index in [9.17, 15) is 10.1 Å². The van der Waals surface area contributed by atoms with Crippen LogP contribution >= 0.6 is 11.8 Å². The van der Waals surface area contributed by atoms with E-state index in [-0.39, 0.29) is 11.7 Å². The Kier molecular flexibility index (Phi) is 6.61. The molecule has 0 aliphatic heterocycles. The van der Waals surface area contributed by atoms with Gasteiger partial charge in [0.2, 0.25) is 5.91 Å². The van der Waals surface area contributed by atoms with Crippen molar-refractivity contribution in [2.45, 2.75) is 32.5 Å². The van der Waals surface area contributed by atoms with E-state index in [0.29, 0.717) is 23.1 Å². The van der Waals surface area contributed by atoms with Gasteiger partial charge in [0.05, 0.1) is 17.9 Å². The summed E-state index contributed by atoms with van der Waals surface area (Å²) >= 11 is 1.33. The topological polar surface area (TPSA) is 88.5 Å². The minimum absolute atomic E-state index is 0.149. The number of nitriles is 1. The average molecular weight is 457 g/mol. The van der Waals surface area contributed by atoms with Crippen molar-refractivity contribution in [1.29, 1.82) is 5.26 Å². The molecule has 0 atom stereocenters. The zero-order chi connectivity index (χ0) is 23.4. The van der Waals surface area contributed by atoms with Crippen LogP contribution in [0, 0.1) is 32.1 Å². The summed E-state index contributed by atoms with van der Waals surface area (Å²) in [6.45, 7) is 6.38. The van der Waals surface area contributed by atoms with Crippen LogP contribution < -0.4 is 5.32 Å². The minimum Gasteiger partial charge on any atom is -0.310 e. The number of rotatable bonds is 7. The van der Waals surface area contributed by atoms with E-state index in [1.165, 1.54) is 11.8 Å². The van der Waals surface area contributed by atoms with E-state index in [1.807, 2.05) is 90.6 Å². The van der Waals surface area contributed by atoms with Crippen molar-refractivity contribution in [3.8, 4) is 11.8 Å². The molecule has 4 rings (SSSR count). The Morgan fingerprint density at radius 2 is 1.70 bits per heavy atom. The highest BCUT2D eigenvalue weighted by Crippen LogP contribution is 2.30. The van der Waals surface area contributed by atoms with Crippen LogP contribution in [0.3, 0.4) is 0 Å². The number of nitrogens with one attached hydrogen (secondary N) is 1. The molecule has 0 saturated carbocycles. The van der Waals surface area contributed by atoms with E-state index in [0.717, 1.165) is 28.3 Å². The third-order valence-electron chi connectivity index (χ3n) is 5.52. The predicted octanol–water partition coefficient (Wildman–Crippen LogP) is 4.64. The normalized spacial score (nSPS) is 10.7. The van der Waals surface area contributed by atoms with Gasteiger partial charge in [0.15, 0.2) is 5.16 Å². The molecule has 166 valence electrons. The number of hydrogen-bond donors (Lipinski definition) is 1. The summed E-state index contributed by atoms with van der Waals surface area (Å²) in [5.74, 6) is 1.22. The van der Waals surface area contributed by atoms with Crippen LogP contribution in [0.4, 0.5) is 5.82 Å². The van der Waals surface area contributed by atoms with Gasteiger partial charge in [-0.2, -0.15) is 5.26 Å². The van der Waals surface area contributed by atoms with Gasteiger partial charge < -0.3 is 9.88 Å². The molecule has 8 heteroatoms. The SMILES string of the molecule is Cc1c(C#N)c(NC(=O)CSc2nnc(C)n2Cc2ccccc2)n(-c2ccccc2)c1C. The number of benzene rings is 2. The molecule has 1 amide bonds. The average Bonchev–Trinajstić information content (AvgIpc) is 3.29. The second-order valence-electron chi connectivity index (χ2n) is 7.66. The lowest BCUT2D eigenvalue weighted by Crippen LogP contribution is -2.18. The van der Waals surface area contributed by atoms with Gasteiger partial charge in [-0.15, -0.1) is 10.2 Å². The summed E-state index contributed by atoms with van der Waals surface area (Å²) in [6.07, 6.45) is 0. The number of hydrogen-bond acceptors (Lipinski definition) is 5. The largest absolute Gasteiger partial charge is 0.310 e. The fraction of sp³-hybridized carbons (Fsp3) is 0.200. The summed E-state index contributed by atoms with van der Waals surface area (Å²) < 4.78 is 3.91. The molecule has 0 aliphatic rings. The maximum Gasteiger partial charge on any atom is 0.236 e. The number of aryl methyl sites for hydroxylation is 1. The molecule has 2 aromatic heterocycles. The number of nitrogens with zero attached hydrogens (tertiary/aromatic N) is 5. The van der Waals surface area contributed by atoms with Crippen LogP contribution in [-0.4, -0.2) is 31.0 Å². The number of anilines is 1. The maximum atomic E-state index is 12.9. The molecular weight excluding hydrogens is 432 g/mol. The number of para-hydroxylation sites is 1. The molecule has 2 aromatic carbocycles. The lowest BCUT2D eigenvalue weighted by molar-refractivity contribution is -0.113.